The molecule has 1 amide bonds. The molecule has 0 fully saturated rings. The van der Waals surface area contributed by atoms with E-state index in [4.69, 9.17) is 0 Å². The molecule has 3 aromatic heterocycles. The summed E-state index contributed by atoms with van der Waals surface area (Å²) in [5.74, 6) is 1.29. The van der Waals surface area contributed by atoms with E-state index in [-0.39, 0.29) is 5.91 Å². The standard InChI is InChI=1S/C22H17N7OS/c30-21(16-7-5-15(6-8-16)12-31-22-24-13-26-28-22)27-17-9-10-20(23-11-17)29-14-25-18-3-1-2-4-19(18)29/h1-11,13-14H,12H2,(H,27,30)(H,24,26,28). The molecule has 152 valence electrons. The van der Waals surface area contributed by atoms with Crippen molar-refractivity contribution in [1.82, 2.24) is 29.7 Å². The van der Waals surface area contributed by atoms with E-state index in [2.05, 4.69) is 30.5 Å². The molecule has 31 heavy (non-hydrogen) atoms. The Morgan fingerprint density at radius 1 is 1.00 bits per heavy atom. The van der Waals surface area contributed by atoms with E-state index < -0.39 is 0 Å². The summed E-state index contributed by atoms with van der Waals surface area (Å²) in [7, 11) is 0. The average Bonchev–Trinajstić information content (AvgIpc) is 3.49. The number of carbonyl (C=O) groups is 1. The monoisotopic (exact) mass is 427 g/mol. The summed E-state index contributed by atoms with van der Waals surface area (Å²) in [5.41, 5.74) is 4.19. The molecule has 9 heteroatoms. The molecule has 8 nitrogen and oxygen atoms in total. The Morgan fingerprint density at radius 2 is 1.87 bits per heavy atom. The van der Waals surface area contributed by atoms with Crippen molar-refractivity contribution < 1.29 is 4.79 Å². The van der Waals surface area contributed by atoms with Crippen LogP contribution in [-0.2, 0) is 5.75 Å². The minimum absolute atomic E-state index is 0.183. The number of thioether (sulfide) groups is 1. The number of carbonyl (C=O) groups excluding carboxylic acids is 1. The lowest BCUT2D eigenvalue weighted by Crippen LogP contribution is -2.12. The summed E-state index contributed by atoms with van der Waals surface area (Å²) in [6.45, 7) is 0. The van der Waals surface area contributed by atoms with Crippen LogP contribution in [0.2, 0.25) is 0 Å². The fourth-order valence-electron chi connectivity index (χ4n) is 3.12. The quantitative estimate of drug-likeness (QED) is 0.396. The Morgan fingerprint density at radius 3 is 2.65 bits per heavy atom. The summed E-state index contributed by atoms with van der Waals surface area (Å²) < 4.78 is 1.91. The molecule has 2 aromatic carbocycles. The fraction of sp³-hybridized carbons (Fsp3) is 0.0455. The van der Waals surface area contributed by atoms with Gasteiger partial charge in [0.2, 0.25) is 0 Å². The SMILES string of the molecule is O=C(Nc1ccc(-n2cnc3ccccc32)nc1)c1ccc(CSc2ncn[nH]2)cc1. The Bertz CT molecular complexity index is 1310. The highest BCUT2D eigenvalue weighted by atomic mass is 32.2. The molecule has 3 heterocycles. The van der Waals surface area contributed by atoms with Crippen LogP contribution < -0.4 is 5.32 Å². The van der Waals surface area contributed by atoms with Crippen molar-refractivity contribution in [3.8, 4) is 5.82 Å². The molecule has 0 saturated heterocycles. The number of rotatable bonds is 6. The van der Waals surface area contributed by atoms with Gasteiger partial charge < -0.3 is 5.32 Å². The van der Waals surface area contributed by atoms with Crippen LogP contribution in [-0.4, -0.2) is 35.6 Å². The second-order valence-electron chi connectivity index (χ2n) is 6.74. The van der Waals surface area contributed by atoms with Gasteiger partial charge in [0.25, 0.3) is 5.91 Å². The van der Waals surface area contributed by atoms with Gasteiger partial charge in [-0.15, -0.1) is 0 Å². The second kappa shape index (κ2) is 8.41. The highest BCUT2D eigenvalue weighted by molar-refractivity contribution is 7.98. The number of benzene rings is 2. The Kier molecular flexibility index (Phi) is 5.16. The lowest BCUT2D eigenvalue weighted by molar-refractivity contribution is 0.102. The number of nitrogens with zero attached hydrogens (tertiary/aromatic N) is 5. The van der Waals surface area contributed by atoms with Gasteiger partial charge in [-0.25, -0.2) is 15.0 Å². The van der Waals surface area contributed by atoms with Gasteiger partial charge >= 0.3 is 0 Å². The molecule has 0 aliphatic rings. The number of hydrogen-bond donors (Lipinski definition) is 2. The third-order valence-corrected chi connectivity index (χ3v) is 5.64. The van der Waals surface area contributed by atoms with Crippen molar-refractivity contribution in [2.24, 2.45) is 0 Å². The van der Waals surface area contributed by atoms with Crippen molar-refractivity contribution in [2.45, 2.75) is 10.9 Å². The Balaban J connectivity index is 1.24. The van der Waals surface area contributed by atoms with E-state index in [0.29, 0.717) is 11.3 Å². The van der Waals surface area contributed by atoms with Crippen molar-refractivity contribution >= 4 is 34.4 Å². The first-order valence-corrected chi connectivity index (χ1v) is 10.5. The maximum absolute atomic E-state index is 12.6. The first kappa shape index (κ1) is 19.0. The summed E-state index contributed by atoms with van der Waals surface area (Å²) in [6, 6.07) is 19.0. The van der Waals surface area contributed by atoms with Crippen molar-refractivity contribution in [3.05, 3.63) is 90.6 Å². The van der Waals surface area contributed by atoms with Crippen molar-refractivity contribution in [1.29, 1.82) is 0 Å². The van der Waals surface area contributed by atoms with Gasteiger partial charge in [0.15, 0.2) is 5.16 Å². The molecule has 2 N–H and O–H groups in total. The molecule has 0 radical (unpaired) electrons. The smallest absolute Gasteiger partial charge is 0.255 e. The number of aromatic nitrogens is 6. The first-order chi connectivity index (χ1) is 15.3. The number of amides is 1. The maximum Gasteiger partial charge on any atom is 0.255 e. The molecule has 0 bridgehead atoms. The van der Waals surface area contributed by atoms with Crippen molar-refractivity contribution in [2.75, 3.05) is 5.32 Å². The number of aromatic amines is 1. The van der Waals surface area contributed by atoms with Crippen LogP contribution in [0.25, 0.3) is 16.9 Å². The molecule has 0 spiro atoms. The van der Waals surface area contributed by atoms with Gasteiger partial charge in [-0.05, 0) is 42.0 Å². The third-order valence-electron chi connectivity index (χ3n) is 4.69. The number of nitrogens with one attached hydrogen (secondary N) is 2. The van der Waals surface area contributed by atoms with Crippen LogP contribution >= 0.6 is 11.8 Å². The molecule has 5 aromatic rings. The predicted octanol–water partition coefficient (Wildman–Crippen LogP) is 4.08. The summed E-state index contributed by atoms with van der Waals surface area (Å²) in [6.07, 6.45) is 4.87. The zero-order valence-electron chi connectivity index (χ0n) is 16.3. The zero-order chi connectivity index (χ0) is 21.0. The minimum Gasteiger partial charge on any atom is -0.321 e. The molecule has 0 aliphatic heterocycles. The van der Waals surface area contributed by atoms with E-state index >= 15 is 0 Å². The van der Waals surface area contributed by atoms with E-state index in [0.717, 1.165) is 33.3 Å². The summed E-state index contributed by atoms with van der Waals surface area (Å²) >= 11 is 1.55. The van der Waals surface area contributed by atoms with Gasteiger partial charge in [-0.1, -0.05) is 36.0 Å². The molecule has 0 atom stereocenters. The fourth-order valence-corrected chi connectivity index (χ4v) is 3.85. The number of imidazole rings is 1. The molecular weight excluding hydrogens is 410 g/mol. The van der Waals surface area contributed by atoms with E-state index in [1.54, 1.807) is 24.3 Å². The molecule has 0 saturated carbocycles. The van der Waals surface area contributed by atoms with Crippen LogP contribution in [0.1, 0.15) is 15.9 Å². The average molecular weight is 427 g/mol. The number of H-pyrrole nitrogens is 1. The Labute approximate surface area is 181 Å². The van der Waals surface area contributed by atoms with Crippen LogP contribution in [0.4, 0.5) is 5.69 Å². The normalized spacial score (nSPS) is 11.0. The summed E-state index contributed by atoms with van der Waals surface area (Å²) in [4.78, 5) is 25.5. The topological polar surface area (TPSA) is 101 Å². The van der Waals surface area contributed by atoms with Gasteiger partial charge in [0, 0.05) is 11.3 Å². The van der Waals surface area contributed by atoms with Crippen LogP contribution in [0.15, 0.2) is 84.7 Å². The second-order valence-corrected chi connectivity index (χ2v) is 7.70. The number of para-hydroxylation sites is 2. The maximum atomic E-state index is 12.6. The number of anilines is 1. The van der Waals surface area contributed by atoms with Crippen LogP contribution in [0.3, 0.4) is 0 Å². The van der Waals surface area contributed by atoms with E-state index in [9.17, 15) is 4.79 Å². The third kappa shape index (κ3) is 4.17. The summed E-state index contributed by atoms with van der Waals surface area (Å²) in [5, 5.41) is 10.3. The molecule has 0 unspecified atom stereocenters. The van der Waals surface area contributed by atoms with Gasteiger partial charge in [0.1, 0.15) is 18.5 Å². The van der Waals surface area contributed by atoms with Gasteiger partial charge in [-0.2, -0.15) is 5.10 Å². The number of fused-ring (bicyclic) bond motifs is 1. The highest BCUT2D eigenvalue weighted by Crippen LogP contribution is 2.20. The van der Waals surface area contributed by atoms with Gasteiger partial charge in [0.05, 0.1) is 22.9 Å². The highest BCUT2D eigenvalue weighted by Gasteiger charge is 2.09. The molecule has 0 aliphatic carbocycles. The lowest BCUT2D eigenvalue weighted by Gasteiger charge is -2.08. The molecular formula is C22H17N7OS. The number of hydrogen-bond acceptors (Lipinski definition) is 6. The largest absolute Gasteiger partial charge is 0.321 e. The first-order valence-electron chi connectivity index (χ1n) is 9.53. The van der Waals surface area contributed by atoms with Crippen LogP contribution in [0.5, 0.6) is 0 Å². The van der Waals surface area contributed by atoms with E-state index in [1.165, 1.54) is 6.33 Å². The van der Waals surface area contributed by atoms with E-state index in [1.807, 2.05) is 65.2 Å². The lowest BCUT2D eigenvalue weighted by atomic mass is 10.1. The number of pyridine rings is 1. The van der Waals surface area contributed by atoms with Gasteiger partial charge in [-0.3, -0.25) is 14.5 Å². The predicted molar refractivity (Wildman–Crippen MR) is 119 cm³/mol. The Hall–Kier alpha value is -3.98. The molecule has 5 rings (SSSR count). The van der Waals surface area contributed by atoms with Crippen molar-refractivity contribution in [3.63, 3.8) is 0 Å². The minimum atomic E-state index is -0.183. The zero-order valence-corrected chi connectivity index (χ0v) is 17.1. The van der Waals surface area contributed by atoms with Crippen LogP contribution in [0, 0.1) is 0 Å².